The highest BCUT2D eigenvalue weighted by Crippen LogP contribution is 2.27. The lowest BCUT2D eigenvalue weighted by molar-refractivity contribution is -0.142. The molecular formula is C24H34N2O4. The van der Waals surface area contributed by atoms with Gasteiger partial charge in [-0.05, 0) is 48.3 Å². The van der Waals surface area contributed by atoms with Gasteiger partial charge in [-0.3, -0.25) is 14.4 Å². The van der Waals surface area contributed by atoms with Crippen LogP contribution in [0.15, 0.2) is 24.3 Å². The van der Waals surface area contributed by atoms with E-state index < -0.39 is 12.1 Å². The first-order valence-corrected chi connectivity index (χ1v) is 10.9. The summed E-state index contributed by atoms with van der Waals surface area (Å²) in [5, 5.41) is 2.93. The standard InChI is InChI=1S/C24H34N2O4/c1-15(2)13-18(23(29)26-12-6-7-20-21(26)19(27)14-30-20)25-22(28)16-8-10-17(11-9-16)24(3,4)5/h8-11,15,18,20-21H,6-7,12-14H2,1-5H3,(H,25,28)/t18-,20?,21?/m0/s1. The van der Waals surface area contributed by atoms with E-state index in [-0.39, 0.29) is 41.6 Å². The molecule has 0 spiro atoms. The van der Waals surface area contributed by atoms with Gasteiger partial charge in [0.15, 0.2) is 5.78 Å². The largest absolute Gasteiger partial charge is 0.368 e. The van der Waals surface area contributed by atoms with Crippen molar-refractivity contribution in [2.45, 2.75) is 77.5 Å². The topological polar surface area (TPSA) is 75.7 Å². The van der Waals surface area contributed by atoms with Crippen molar-refractivity contribution in [2.75, 3.05) is 13.2 Å². The van der Waals surface area contributed by atoms with Crippen molar-refractivity contribution < 1.29 is 19.1 Å². The van der Waals surface area contributed by atoms with Gasteiger partial charge in [0.05, 0.1) is 6.10 Å². The molecule has 2 fully saturated rings. The number of ether oxygens (including phenoxy) is 1. The van der Waals surface area contributed by atoms with Gasteiger partial charge in [0.1, 0.15) is 18.7 Å². The molecule has 2 aliphatic heterocycles. The van der Waals surface area contributed by atoms with E-state index in [4.69, 9.17) is 4.74 Å². The molecular weight excluding hydrogens is 380 g/mol. The highest BCUT2D eigenvalue weighted by molar-refractivity contribution is 5.99. The molecule has 0 aliphatic carbocycles. The number of Topliss-reactive ketones (excluding diaryl/α,β-unsaturated/α-hetero) is 1. The SMILES string of the molecule is CC(C)C[C@H](NC(=O)c1ccc(C(C)(C)C)cc1)C(=O)N1CCCC2OCC(=O)C21. The number of rotatable bonds is 5. The predicted octanol–water partition coefficient (Wildman–Crippen LogP) is 3.09. The van der Waals surface area contributed by atoms with Gasteiger partial charge < -0.3 is 15.0 Å². The van der Waals surface area contributed by atoms with Crippen LogP contribution in [0, 0.1) is 5.92 Å². The highest BCUT2D eigenvalue weighted by atomic mass is 16.5. The number of amides is 2. The maximum atomic E-state index is 13.4. The molecule has 1 aromatic carbocycles. The maximum absolute atomic E-state index is 13.4. The zero-order chi connectivity index (χ0) is 22.1. The minimum atomic E-state index is -0.660. The lowest BCUT2D eigenvalue weighted by Crippen LogP contribution is -2.58. The van der Waals surface area contributed by atoms with Crippen molar-refractivity contribution in [2.24, 2.45) is 5.92 Å². The third-order valence-corrected chi connectivity index (χ3v) is 5.95. The number of fused-ring (bicyclic) bond motifs is 1. The van der Waals surface area contributed by atoms with Crippen LogP contribution in [0.3, 0.4) is 0 Å². The number of hydrogen-bond acceptors (Lipinski definition) is 4. The molecule has 2 heterocycles. The Morgan fingerprint density at radius 2 is 1.87 bits per heavy atom. The minimum Gasteiger partial charge on any atom is -0.368 e. The predicted molar refractivity (Wildman–Crippen MR) is 115 cm³/mol. The Labute approximate surface area is 179 Å². The van der Waals surface area contributed by atoms with Crippen LogP contribution in [-0.4, -0.2) is 53.8 Å². The number of benzene rings is 1. The Hall–Kier alpha value is -2.21. The van der Waals surface area contributed by atoms with E-state index in [1.807, 2.05) is 26.0 Å². The van der Waals surface area contributed by atoms with Gasteiger partial charge in [-0.15, -0.1) is 0 Å². The normalized spacial score (nSPS) is 22.7. The molecule has 0 radical (unpaired) electrons. The number of ketones is 1. The molecule has 6 heteroatoms. The summed E-state index contributed by atoms with van der Waals surface area (Å²) in [5.74, 6) is -0.270. The van der Waals surface area contributed by atoms with Crippen LogP contribution in [0.4, 0.5) is 0 Å². The maximum Gasteiger partial charge on any atom is 0.251 e. The quantitative estimate of drug-likeness (QED) is 0.803. The van der Waals surface area contributed by atoms with Crippen molar-refractivity contribution in [3.8, 4) is 0 Å². The number of nitrogens with one attached hydrogen (secondary N) is 1. The molecule has 1 N–H and O–H groups in total. The summed E-state index contributed by atoms with van der Waals surface area (Å²) in [5.41, 5.74) is 1.68. The van der Waals surface area contributed by atoms with Crippen molar-refractivity contribution in [3.05, 3.63) is 35.4 Å². The molecule has 30 heavy (non-hydrogen) atoms. The fourth-order valence-corrected chi connectivity index (χ4v) is 4.29. The van der Waals surface area contributed by atoms with Gasteiger partial charge in [0.2, 0.25) is 5.91 Å². The summed E-state index contributed by atoms with van der Waals surface area (Å²) < 4.78 is 5.57. The van der Waals surface area contributed by atoms with E-state index >= 15 is 0 Å². The van der Waals surface area contributed by atoms with Crippen LogP contribution in [0.5, 0.6) is 0 Å². The first kappa shape index (κ1) is 22.5. The molecule has 3 atom stereocenters. The van der Waals surface area contributed by atoms with Crippen molar-refractivity contribution in [1.29, 1.82) is 0 Å². The lowest BCUT2D eigenvalue weighted by Gasteiger charge is -2.37. The average molecular weight is 415 g/mol. The average Bonchev–Trinajstić information content (AvgIpc) is 3.07. The van der Waals surface area contributed by atoms with E-state index in [9.17, 15) is 14.4 Å². The van der Waals surface area contributed by atoms with Crippen LogP contribution >= 0.6 is 0 Å². The van der Waals surface area contributed by atoms with E-state index in [2.05, 4.69) is 26.1 Å². The second kappa shape index (κ2) is 8.88. The number of piperidine rings is 1. The molecule has 2 saturated heterocycles. The molecule has 6 nitrogen and oxygen atoms in total. The Bertz CT molecular complexity index is 794. The van der Waals surface area contributed by atoms with Crippen LogP contribution in [0.1, 0.15) is 69.8 Å². The molecule has 3 rings (SSSR count). The van der Waals surface area contributed by atoms with Crippen LogP contribution < -0.4 is 5.32 Å². The van der Waals surface area contributed by atoms with Gasteiger partial charge in [-0.2, -0.15) is 0 Å². The second-order valence-electron chi connectivity index (χ2n) is 9.92. The number of carbonyl (C=O) groups excluding carboxylic acids is 3. The molecule has 2 unspecified atom stereocenters. The van der Waals surface area contributed by atoms with Crippen molar-refractivity contribution in [1.82, 2.24) is 10.2 Å². The highest BCUT2D eigenvalue weighted by Gasteiger charge is 2.45. The summed E-state index contributed by atoms with van der Waals surface area (Å²) in [7, 11) is 0. The van der Waals surface area contributed by atoms with Crippen LogP contribution in [0.25, 0.3) is 0 Å². The van der Waals surface area contributed by atoms with E-state index in [0.29, 0.717) is 18.5 Å². The Morgan fingerprint density at radius 3 is 2.47 bits per heavy atom. The molecule has 0 bridgehead atoms. The first-order valence-electron chi connectivity index (χ1n) is 10.9. The third kappa shape index (κ3) is 4.91. The zero-order valence-corrected chi connectivity index (χ0v) is 18.7. The molecule has 0 aromatic heterocycles. The van der Waals surface area contributed by atoms with Gasteiger partial charge in [-0.25, -0.2) is 0 Å². The number of hydrogen-bond donors (Lipinski definition) is 1. The summed E-state index contributed by atoms with van der Waals surface area (Å²) >= 11 is 0. The lowest BCUT2D eigenvalue weighted by atomic mass is 9.86. The summed E-state index contributed by atoms with van der Waals surface area (Å²) in [6, 6.07) is 6.35. The summed E-state index contributed by atoms with van der Waals surface area (Å²) in [6.45, 7) is 11.0. The fourth-order valence-electron chi connectivity index (χ4n) is 4.29. The monoisotopic (exact) mass is 414 g/mol. The van der Waals surface area contributed by atoms with Crippen molar-refractivity contribution in [3.63, 3.8) is 0 Å². The van der Waals surface area contributed by atoms with E-state index in [1.54, 1.807) is 17.0 Å². The van der Waals surface area contributed by atoms with Gasteiger partial charge in [-0.1, -0.05) is 46.8 Å². The third-order valence-electron chi connectivity index (χ3n) is 5.95. The van der Waals surface area contributed by atoms with E-state index in [1.165, 1.54) is 0 Å². The van der Waals surface area contributed by atoms with Crippen molar-refractivity contribution >= 4 is 17.6 Å². The molecule has 0 saturated carbocycles. The molecule has 2 aliphatic rings. The number of carbonyl (C=O) groups is 3. The van der Waals surface area contributed by atoms with E-state index in [0.717, 1.165) is 18.4 Å². The Kier molecular flexibility index (Phi) is 6.65. The fraction of sp³-hybridized carbons (Fsp3) is 0.625. The summed E-state index contributed by atoms with van der Waals surface area (Å²) in [6.07, 6.45) is 1.90. The molecule has 2 amide bonds. The summed E-state index contributed by atoms with van der Waals surface area (Å²) in [4.78, 5) is 40.2. The Morgan fingerprint density at radius 1 is 1.20 bits per heavy atom. The Balaban J connectivity index is 1.76. The first-order chi connectivity index (χ1) is 14.1. The van der Waals surface area contributed by atoms with Gasteiger partial charge >= 0.3 is 0 Å². The number of likely N-dealkylation sites (tertiary alicyclic amines) is 1. The van der Waals surface area contributed by atoms with Gasteiger partial charge in [0, 0.05) is 12.1 Å². The second-order valence-corrected chi connectivity index (χ2v) is 9.92. The smallest absolute Gasteiger partial charge is 0.251 e. The minimum absolute atomic E-state index is 0.00580. The van der Waals surface area contributed by atoms with Crippen LogP contribution in [-0.2, 0) is 19.7 Å². The number of nitrogens with zero attached hydrogens (tertiary/aromatic N) is 1. The molecule has 1 aromatic rings. The van der Waals surface area contributed by atoms with Crippen LogP contribution in [0.2, 0.25) is 0 Å². The van der Waals surface area contributed by atoms with Gasteiger partial charge in [0.25, 0.3) is 5.91 Å². The molecule has 164 valence electrons. The zero-order valence-electron chi connectivity index (χ0n) is 18.7.